The number of nitrogens with one attached hydrogen (secondary N) is 1. The van der Waals surface area contributed by atoms with Crippen LogP contribution in [0.2, 0.25) is 0 Å². The summed E-state index contributed by atoms with van der Waals surface area (Å²) in [5.74, 6) is 8.12. The molecule has 32 heavy (non-hydrogen) atoms. The Hall–Kier alpha value is -2.58. The van der Waals surface area contributed by atoms with E-state index in [0.29, 0.717) is 36.3 Å². The molecule has 172 valence electrons. The van der Waals surface area contributed by atoms with Crippen LogP contribution in [0.1, 0.15) is 43.2 Å². The summed E-state index contributed by atoms with van der Waals surface area (Å²) < 4.78 is 12.4. The van der Waals surface area contributed by atoms with Crippen LogP contribution in [0.3, 0.4) is 0 Å². The van der Waals surface area contributed by atoms with E-state index in [1.54, 1.807) is 30.1 Å². The Morgan fingerprint density at radius 3 is 2.66 bits per heavy atom. The molecule has 7 nitrogen and oxygen atoms in total. The second kappa shape index (κ2) is 8.75. The van der Waals surface area contributed by atoms with Crippen molar-refractivity contribution in [3.8, 4) is 11.5 Å². The lowest BCUT2D eigenvalue weighted by Gasteiger charge is -2.33. The quantitative estimate of drug-likeness (QED) is 0.428. The van der Waals surface area contributed by atoms with Gasteiger partial charge in [-0.05, 0) is 60.3 Å². The van der Waals surface area contributed by atoms with Crippen LogP contribution in [-0.2, 0) is 25.8 Å². The number of nitrogen functional groups attached to an aromatic ring is 1. The first-order chi connectivity index (χ1) is 15.3. The third-order valence-electron chi connectivity index (χ3n) is 6.59. The van der Waals surface area contributed by atoms with E-state index in [4.69, 9.17) is 20.3 Å². The molecule has 0 fully saturated rings. The number of methoxy groups -OCH3 is 2. The molecule has 0 bridgehead atoms. The van der Waals surface area contributed by atoms with Crippen LogP contribution in [0, 0.1) is 11.3 Å². The zero-order valence-electron chi connectivity index (χ0n) is 19.4. The van der Waals surface area contributed by atoms with Gasteiger partial charge in [-0.15, -0.1) is 11.3 Å². The van der Waals surface area contributed by atoms with E-state index < -0.39 is 0 Å². The largest absolute Gasteiger partial charge is 0.493 e. The number of thiophene rings is 1. The van der Waals surface area contributed by atoms with Gasteiger partial charge in [-0.25, -0.2) is 10.8 Å². The highest BCUT2D eigenvalue weighted by Gasteiger charge is 2.32. The van der Waals surface area contributed by atoms with Gasteiger partial charge in [-0.3, -0.25) is 14.8 Å². The SMILES string of the molecule is COc1ccc(CCn2c(NN)nc3sc4c(c3c2=O)CCC(C(C)(C)C)C4)cc1OC. The minimum absolute atomic E-state index is 0.0184. The molecule has 2 heterocycles. The number of benzene rings is 1. The first-order valence-corrected chi connectivity index (χ1v) is 11.8. The Kier molecular flexibility index (Phi) is 6.18. The van der Waals surface area contributed by atoms with E-state index in [0.717, 1.165) is 35.0 Å². The van der Waals surface area contributed by atoms with Gasteiger partial charge < -0.3 is 9.47 Å². The van der Waals surface area contributed by atoms with E-state index in [2.05, 4.69) is 26.2 Å². The number of nitrogens with zero attached hydrogens (tertiary/aromatic N) is 2. The number of anilines is 1. The highest BCUT2D eigenvalue weighted by atomic mass is 32.1. The van der Waals surface area contributed by atoms with Crippen LogP contribution in [0.4, 0.5) is 5.95 Å². The van der Waals surface area contributed by atoms with Gasteiger partial charge in [-0.1, -0.05) is 26.8 Å². The molecule has 1 atom stereocenters. The summed E-state index contributed by atoms with van der Waals surface area (Å²) in [6.07, 6.45) is 3.68. The summed E-state index contributed by atoms with van der Waals surface area (Å²) in [5, 5.41) is 0.767. The smallest absolute Gasteiger partial charge is 0.263 e. The van der Waals surface area contributed by atoms with E-state index in [-0.39, 0.29) is 11.0 Å². The molecule has 2 aromatic heterocycles. The van der Waals surface area contributed by atoms with Crippen molar-refractivity contribution in [2.45, 2.75) is 53.0 Å². The Labute approximate surface area is 192 Å². The Balaban J connectivity index is 1.68. The average Bonchev–Trinajstić information content (AvgIpc) is 3.15. The predicted molar refractivity (Wildman–Crippen MR) is 130 cm³/mol. The molecular formula is C24H32N4O3S. The Morgan fingerprint density at radius 1 is 1.25 bits per heavy atom. The fraction of sp³-hybridized carbons (Fsp3) is 0.500. The number of ether oxygens (including phenoxy) is 2. The van der Waals surface area contributed by atoms with Crippen molar-refractivity contribution < 1.29 is 9.47 Å². The molecule has 0 aliphatic heterocycles. The molecule has 1 unspecified atom stereocenters. The van der Waals surface area contributed by atoms with Gasteiger partial charge >= 0.3 is 0 Å². The lowest BCUT2D eigenvalue weighted by atomic mass is 9.72. The average molecular weight is 457 g/mol. The molecule has 8 heteroatoms. The molecular weight excluding hydrogens is 424 g/mol. The lowest BCUT2D eigenvalue weighted by Crippen LogP contribution is -2.29. The van der Waals surface area contributed by atoms with Gasteiger partial charge in [0.1, 0.15) is 4.83 Å². The van der Waals surface area contributed by atoms with Crippen molar-refractivity contribution in [1.82, 2.24) is 9.55 Å². The zero-order chi connectivity index (χ0) is 23.0. The number of aryl methyl sites for hydroxylation is 2. The minimum Gasteiger partial charge on any atom is -0.493 e. The molecule has 0 saturated heterocycles. The van der Waals surface area contributed by atoms with Crippen LogP contribution in [0.5, 0.6) is 11.5 Å². The van der Waals surface area contributed by atoms with Crippen LogP contribution >= 0.6 is 11.3 Å². The maximum Gasteiger partial charge on any atom is 0.263 e. The number of rotatable bonds is 6. The number of fused-ring (bicyclic) bond motifs is 3. The standard InChI is InChI=1S/C24H32N4O3S/c1-24(2,3)15-7-8-16-19(13-15)32-21-20(16)22(29)28(23(26-21)27-25)11-10-14-6-9-17(30-4)18(12-14)31-5/h6,9,12,15H,7-8,10-11,13,25H2,1-5H3,(H,26,27). The fourth-order valence-electron chi connectivity index (χ4n) is 4.59. The van der Waals surface area contributed by atoms with Crippen LogP contribution in [0.25, 0.3) is 10.2 Å². The molecule has 4 rings (SSSR count). The van der Waals surface area contributed by atoms with Crippen LogP contribution in [0.15, 0.2) is 23.0 Å². The number of hydrazine groups is 1. The minimum atomic E-state index is -0.0184. The van der Waals surface area contributed by atoms with Gasteiger partial charge in [0.05, 0.1) is 19.6 Å². The van der Waals surface area contributed by atoms with Gasteiger partial charge in [0.25, 0.3) is 5.56 Å². The summed E-state index contributed by atoms with van der Waals surface area (Å²) >= 11 is 1.65. The summed E-state index contributed by atoms with van der Waals surface area (Å²) in [7, 11) is 3.23. The molecule has 0 amide bonds. The fourth-order valence-corrected chi connectivity index (χ4v) is 5.88. The second-order valence-electron chi connectivity index (χ2n) is 9.47. The van der Waals surface area contributed by atoms with E-state index in [1.807, 2.05) is 18.2 Å². The molecule has 1 aromatic carbocycles. The Bertz CT molecular complexity index is 1190. The molecule has 1 aliphatic carbocycles. The van der Waals surface area contributed by atoms with E-state index in [1.165, 1.54) is 10.4 Å². The molecule has 1 aliphatic rings. The molecule has 3 N–H and O–H groups in total. The second-order valence-corrected chi connectivity index (χ2v) is 10.5. The van der Waals surface area contributed by atoms with Crippen molar-refractivity contribution in [3.05, 3.63) is 44.6 Å². The normalized spacial score (nSPS) is 16.1. The van der Waals surface area contributed by atoms with E-state index in [9.17, 15) is 4.79 Å². The third kappa shape index (κ3) is 4.09. The van der Waals surface area contributed by atoms with Gasteiger partial charge in [-0.2, -0.15) is 0 Å². The number of aromatic nitrogens is 2. The van der Waals surface area contributed by atoms with Crippen molar-refractivity contribution in [1.29, 1.82) is 0 Å². The van der Waals surface area contributed by atoms with Crippen molar-refractivity contribution in [2.75, 3.05) is 19.6 Å². The monoisotopic (exact) mass is 456 g/mol. The molecule has 3 aromatic rings. The van der Waals surface area contributed by atoms with Gasteiger partial charge in [0.2, 0.25) is 5.95 Å². The highest BCUT2D eigenvalue weighted by Crippen LogP contribution is 2.42. The van der Waals surface area contributed by atoms with Crippen molar-refractivity contribution >= 4 is 27.5 Å². The Morgan fingerprint density at radius 2 is 2.00 bits per heavy atom. The van der Waals surface area contributed by atoms with Crippen LogP contribution < -0.4 is 26.3 Å². The first-order valence-electron chi connectivity index (χ1n) is 11.0. The molecule has 0 saturated carbocycles. The summed E-state index contributed by atoms with van der Waals surface area (Å²) in [6, 6.07) is 5.79. The number of hydrogen-bond donors (Lipinski definition) is 2. The highest BCUT2D eigenvalue weighted by molar-refractivity contribution is 7.18. The van der Waals surface area contributed by atoms with Crippen molar-refractivity contribution in [2.24, 2.45) is 17.2 Å². The van der Waals surface area contributed by atoms with Gasteiger partial charge in [0, 0.05) is 11.4 Å². The number of nitrogens with two attached hydrogens (primary N) is 1. The molecule has 0 radical (unpaired) electrons. The topological polar surface area (TPSA) is 91.4 Å². The lowest BCUT2D eigenvalue weighted by molar-refractivity contribution is 0.218. The summed E-state index contributed by atoms with van der Waals surface area (Å²) in [4.78, 5) is 20.4. The molecule has 0 spiro atoms. The maximum absolute atomic E-state index is 13.6. The van der Waals surface area contributed by atoms with E-state index >= 15 is 0 Å². The first kappa shape index (κ1) is 22.6. The van der Waals surface area contributed by atoms with Gasteiger partial charge in [0.15, 0.2) is 11.5 Å². The van der Waals surface area contributed by atoms with Crippen LogP contribution in [-0.4, -0.2) is 23.8 Å². The summed E-state index contributed by atoms with van der Waals surface area (Å²) in [6.45, 7) is 7.36. The van der Waals surface area contributed by atoms with Crippen molar-refractivity contribution in [3.63, 3.8) is 0 Å². The predicted octanol–water partition coefficient (Wildman–Crippen LogP) is 4.15. The zero-order valence-corrected chi connectivity index (χ0v) is 20.3. The third-order valence-corrected chi connectivity index (χ3v) is 7.74. The summed E-state index contributed by atoms with van der Waals surface area (Å²) in [5.41, 5.74) is 5.10. The number of hydrogen-bond acceptors (Lipinski definition) is 7. The maximum atomic E-state index is 13.6.